The molecule has 1 nitrogen and oxygen atoms in total. The average Bonchev–Trinajstić information content (AvgIpc) is 2.48. The summed E-state index contributed by atoms with van der Waals surface area (Å²) in [6, 6.07) is 22.5. The Morgan fingerprint density at radius 3 is 2.10 bits per heavy atom. The van der Waals surface area contributed by atoms with Gasteiger partial charge in [0.2, 0.25) is 0 Å². The van der Waals surface area contributed by atoms with Gasteiger partial charge in [0.05, 0.1) is 0 Å². The Morgan fingerprint density at radius 2 is 1.57 bits per heavy atom. The van der Waals surface area contributed by atoms with E-state index in [0.717, 1.165) is 13.0 Å². The minimum atomic E-state index is 0.326. The minimum absolute atomic E-state index is 0.326. The van der Waals surface area contributed by atoms with Crippen LogP contribution in [0.15, 0.2) is 60.7 Å². The van der Waals surface area contributed by atoms with Gasteiger partial charge in [0.15, 0.2) is 0 Å². The van der Waals surface area contributed by atoms with E-state index in [9.17, 15) is 0 Å². The van der Waals surface area contributed by atoms with E-state index in [1.165, 1.54) is 30.4 Å². The summed E-state index contributed by atoms with van der Waals surface area (Å²) in [7, 11) is 0. The van der Waals surface area contributed by atoms with Crippen LogP contribution in [0.2, 0.25) is 0 Å². The van der Waals surface area contributed by atoms with Gasteiger partial charge in [-0.15, -0.1) is 0 Å². The molecule has 2 aromatic rings. The Balaban J connectivity index is 1.88. The average molecular weight is 279 g/mol. The van der Waals surface area contributed by atoms with Gasteiger partial charge in [-0.2, -0.15) is 0 Å². The number of likely N-dealkylation sites (N-methyl/N-ethyl adjacent to an activating group) is 1. The Kier molecular flexibility index (Phi) is 4.40. The van der Waals surface area contributed by atoms with E-state index in [2.05, 4.69) is 72.9 Å². The lowest BCUT2D eigenvalue weighted by Crippen LogP contribution is -2.53. The monoisotopic (exact) mass is 279 g/mol. The molecule has 1 saturated carbocycles. The van der Waals surface area contributed by atoms with Crippen molar-refractivity contribution in [3.8, 4) is 0 Å². The summed E-state index contributed by atoms with van der Waals surface area (Å²) >= 11 is 0. The van der Waals surface area contributed by atoms with Crippen molar-refractivity contribution in [3.63, 3.8) is 0 Å². The van der Waals surface area contributed by atoms with Crippen LogP contribution in [0.1, 0.15) is 37.3 Å². The molecule has 0 aliphatic heterocycles. The highest BCUT2D eigenvalue weighted by atomic mass is 14.9. The van der Waals surface area contributed by atoms with Crippen LogP contribution < -0.4 is 5.32 Å². The molecule has 0 bridgehead atoms. The van der Waals surface area contributed by atoms with E-state index in [4.69, 9.17) is 0 Å². The third kappa shape index (κ3) is 2.89. The quantitative estimate of drug-likeness (QED) is 0.830. The minimum Gasteiger partial charge on any atom is -0.313 e. The van der Waals surface area contributed by atoms with Crippen LogP contribution in [0, 0.1) is 0 Å². The second-order valence-electron chi connectivity index (χ2n) is 6.18. The molecule has 0 heterocycles. The molecule has 1 N–H and O–H groups in total. The summed E-state index contributed by atoms with van der Waals surface area (Å²) in [5.74, 6) is 0. The fourth-order valence-corrected chi connectivity index (χ4v) is 3.73. The Hall–Kier alpha value is -1.60. The van der Waals surface area contributed by atoms with Crippen molar-refractivity contribution in [2.75, 3.05) is 6.54 Å². The van der Waals surface area contributed by atoms with Gasteiger partial charge in [-0.25, -0.2) is 0 Å². The summed E-state index contributed by atoms with van der Waals surface area (Å²) in [5, 5.41) is 3.77. The molecular formula is C20H25N. The third-order valence-corrected chi connectivity index (χ3v) is 4.99. The highest BCUT2D eigenvalue weighted by Crippen LogP contribution is 2.47. The van der Waals surface area contributed by atoms with Crippen molar-refractivity contribution in [2.45, 2.75) is 44.1 Å². The third-order valence-electron chi connectivity index (χ3n) is 4.99. The normalized spacial score (nSPS) is 18.0. The van der Waals surface area contributed by atoms with Crippen LogP contribution in [0.5, 0.6) is 0 Å². The van der Waals surface area contributed by atoms with Gasteiger partial charge in [0.1, 0.15) is 0 Å². The molecule has 0 spiro atoms. The van der Waals surface area contributed by atoms with Crippen molar-refractivity contribution in [3.05, 3.63) is 71.8 Å². The fourth-order valence-electron chi connectivity index (χ4n) is 3.73. The van der Waals surface area contributed by atoms with Crippen molar-refractivity contribution in [2.24, 2.45) is 0 Å². The molecule has 1 unspecified atom stereocenters. The molecule has 1 aliphatic rings. The summed E-state index contributed by atoms with van der Waals surface area (Å²) < 4.78 is 0. The number of hydrogen-bond acceptors (Lipinski definition) is 1. The molecule has 1 aliphatic carbocycles. The zero-order valence-electron chi connectivity index (χ0n) is 12.9. The first-order chi connectivity index (χ1) is 10.3. The molecule has 110 valence electrons. The van der Waals surface area contributed by atoms with E-state index >= 15 is 0 Å². The van der Waals surface area contributed by atoms with E-state index < -0.39 is 0 Å². The van der Waals surface area contributed by atoms with E-state index in [0.29, 0.717) is 11.5 Å². The number of rotatable bonds is 6. The van der Waals surface area contributed by atoms with Crippen LogP contribution >= 0.6 is 0 Å². The molecule has 1 fully saturated rings. The van der Waals surface area contributed by atoms with Crippen LogP contribution in [0.25, 0.3) is 0 Å². The van der Waals surface area contributed by atoms with Gasteiger partial charge >= 0.3 is 0 Å². The lowest BCUT2D eigenvalue weighted by molar-refractivity contribution is 0.169. The largest absolute Gasteiger partial charge is 0.313 e. The lowest BCUT2D eigenvalue weighted by Gasteiger charge is -2.49. The maximum absolute atomic E-state index is 3.77. The highest BCUT2D eigenvalue weighted by molar-refractivity contribution is 5.32. The van der Waals surface area contributed by atoms with Gasteiger partial charge < -0.3 is 5.32 Å². The fraction of sp³-hybridized carbons (Fsp3) is 0.400. The molecule has 2 aromatic carbocycles. The SMILES string of the molecule is CCNC(Cc1ccccc1)C1(c2ccccc2)CCC1. The predicted molar refractivity (Wildman–Crippen MR) is 89.6 cm³/mol. The topological polar surface area (TPSA) is 12.0 Å². The molecule has 1 heteroatoms. The second-order valence-corrected chi connectivity index (χ2v) is 6.18. The number of hydrogen-bond donors (Lipinski definition) is 1. The van der Waals surface area contributed by atoms with E-state index in [-0.39, 0.29) is 0 Å². The van der Waals surface area contributed by atoms with Crippen molar-refractivity contribution < 1.29 is 0 Å². The number of benzene rings is 2. The van der Waals surface area contributed by atoms with Gasteiger partial charge in [0.25, 0.3) is 0 Å². The van der Waals surface area contributed by atoms with Crippen LogP contribution in [0.4, 0.5) is 0 Å². The van der Waals surface area contributed by atoms with Crippen molar-refractivity contribution in [1.29, 1.82) is 0 Å². The molecule has 1 atom stereocenters. The van der Waals surface area contributed by atoms with Crippen LogP contribution in [-0.2, 0) is 11.8 Å². The van der Waals surface area contributed by atoms with Gasteiger partial charge in [-0.3, -0.25) is 0 Å². The first-order valence-corrected chi connectivity index (χ1v) is 8.18. The molecule has 0 saturated heterocycles. The van der Waals surface area contributed by atoms with Crippen molar-refractivity contribution in [1.82, 2.24) is 5.32 Å². The second kappa shape index (κ2) is 6.44. The molecule has 0 radical (unpaired) electrons. The first-order valence-electron chi connectivity index (χ1n) is 8.18. The Morgan fingerprint density at radius 1 is 0.952 bits per heavy atom. The summed E-state index contributed by atoms with van der Waals surface area (Å²) in [4.78, 5) is 0. The van der Waals surface area contributed by atoms with Crippen molar-refractivity contribution >= 4 is 0 Å². The zero-order chi connectivity index (χ0) is 14.5. The highest BCUT2D eigenvalue weighted by Gasteiger charge is 2.44. The van der Waals surface area contributed by atoms with Crippen LogP contribution in [-0.4, -0.2) is 12.6 Å². The number of nitrogens with one attached hydrogen (secondary N) is 1. The predicted octanol–water partition coefficient (Wildman–Crippen LogP) is 4.33. The summed E-state index contributed by atoms with van der Waals surface area (Å²) in [6.07, 6.45) is 5.08. The molecule has 3 rings (SSSR count). The molecule has 21 heavy (non-hydrogen) atoms. The van der Waals surface area contributed by atoms with Gasteiger partial charge in [-0.05, 0) is 36.9 Å². The standard InChI is InChI=1S/C20H25N/c1-2-21-19(16-17-10-5-3-6-11-17)20(14-9-15-20)18-12-7-4-8-13-18/h3-8,10-13,19,21H,2,9,14-16H2,1H3. The lowest BCUT2D eigenvalue weighted by atomic mass is 9.59. The van der Waals surface area contributed by atoms with Gasteiger partial charge in [0, 0.05) is 11.5 Å². The molecule has 0 aromatic heterocycles. The smallest absolute Gasteiger partial charge is 0.0204 e. The first kappa shape index (κ1) is 14.3. The van der Waals surface area contributed by atoms with E-state index in [1.54, 1.807) is 0 Å². The van der Waals surface area contributed by atoms with Crippen LogP contribution in [0.3, 0.4) is 0 Å². The summed E-state index contributed by atoms with van der Waals surface area (Å²) in [5.41, 5.74) is 3.27. The van der Waals surface area contributed by atoms with E-state index in [1.807, 2.05) is 0 Å². The zero-order valence-corrected chi connectivity index (χ0v) is 12.9. The molecule has 0 amide bonds. The Labute approximate surface area is 128 Å². The molecular weight excluding hydrogens is 254 g/mol. The Bertz CT molecular complexity index is 543. The summed E-state index contributed by atoms with van der Waals surface area (Å²) in [6.45, 7) is 3.25. The maximum Gasteiger partial charge on any atom is 0.0204 e. The van der Waals surface area contributed by atoms with Gasteiger partial charge in [-0.1, -0.05) is 74.0 Å². The maximum atomic E-state index is 3.77.